The Kier molecular flexibility index (Phi) is 4.86. The maximum Gasteiger partial charge on any atom is 0.0541 e. The zero-order valence-electron chi connectivity index (χ0n) is 18.2. The van der Waals surface area contributed by atoms with Crippen molar-refractivity contribution < 1.29 is 0 Å². The van der Waals surface area contributed by atoms with E-state index in [2.05, 4.69) is 138 Å². The van der Waals surface area contributed by atoms with Crippen molar-refractivity contribution in [3.05, 3.63) is 139 Å². The van der Waals surface area contributed by atoms with Crippen molar-refractivity contribution >= 4 is 34.0 Å². The lowest BCUT2D eigenvalue weighted by molar-refractivity contribution is 1.18. The van der Waals surface area contributed by atoms with Crippen LogP contribution in [0.5, 0.6) is 0 Å². The zero-order chi connectivity index (χ0) is 22.0. The molecule has 0 atom stereocenters. The summed E-state index contributed by atoms with van der Waals surface area (Å²) in [6, 6.07) is 45.3. The quantitative estimate of drug-likeness (QED) is 0.251. The van der Waals surface area contributed by atoms with Crippen LogP contribution >= 0.6 is 0 Å². The number of hydrogen-bond acceptors (Lipinski definition) is 0. The van der Waals surface area contributed by atoms with Gasteiger partial charge in [-0.25, -0.2) is 0 Å². The summed E-state index contributed by atoms with van der Waals surface area (Å²) in [5.74, 6) is 0. The Morgan fingerprint density at radius 1 is 0.424 bits per heavy atom. The van der Waals surface area contributed by atoms with E-state index < -0.39 is 0 Å². The van der Waals surface area contributed by atoms with Gasteiger partial charge in [-0.1, -0.05) is 109 Å². The Labute approximate surface area is 193 Å². The van der Waals surface area contributed by atoms with E-state index in [1.54, 1.807) is 0 Å². The van der Waals surface area contributed by atoms with Crippen LogP contribution in [0, 0.1) is 0 Å². The van der Waals surface area contributed by atoms with Crippen molar-refractivity contribution in [1.82, 2.24) is 4.57 Å². The Morgan fingerprint density at radius 3 is 1.76 bits per heavy atom. The minimum Gasteiger partial charge on any atom is -0.309 e. The first-order valence-electron chi connectivity index (χ1n) is 11.3. The molecule has 0 saturated carbocycles. The predicted octanol–water partition coefficient (Wildman–Crippen LogP) is 8.62. The summed E-state index contributed by atoms with van der Waals surface area (Å²) in [6.07, 6.45) is 4.31. The molecule has 6 aromatic rings. The van der Waals surface area contributed by atoms with E-state index >= 15 is 0 Å². The van der Waals surface area contributed by atoms with Gasteiger partial charge in [0.2, 0.25) is 0 Å². The van der Waals surface area contributed by atoms with E-state index in [-0.39, 0.29) is 0 Å². The molecule has 0 aliphatic heterocycles. The van der Waals surface area contributed by atoms with Gasteiger partial charge in [0.15, 0.2) is 0 Å². The Hall–Kier alpha value is -4.36. The van der Waals surface area contributed by atoms with Crippen LogP contribution < -0.4 is 0 Å². The van der Waals surface area contributed by atoms with E-state index in [9.17, 15) is 0 Å². The number of para-hydroxylation sites is 2. The van der Waals surface area contributed by atoms with Gasteiger partial charge in [0.1, 0.15) is 0 Å². The molecular formula is C32H23N. The van der Waals surface area contributed by atoms with Gasteiger partial charge < -0.3 is 4.57 Å². The fraction of sp³-hybridized carbons (Fsp3) is 0. The largest absolute Gasteiger partial charge is 0.309 e. The first kappa shape index (κ1) is 19.3. The van der Waals surface area contributed by atoms with Gasteiger partial charge >= 0.3 is 0 Å². The van der Waals surface area contributed by atoms with Crippen molar-refractivity contribution in [1.29, 1.82) is 0 Å². The van der Waals surface area contributed by atoms with Crippen LogP contribution in [-0.4, -0.2) is 4.57 Å². The van der Waals surface area contributed by atoms with E-state index in [1.165, 1.54) is 49.7 Å². The van der Waals surface area contributed by atoms with Crippen molar-refractivity contribution in [2.24, 2.45) is 0 Å². The molecule has 6 rings (SSSR count). The molecule has 0 radical (unpaired) electrons. The molecule has 0 unspecified atom stereocenters. The molecule has 1 heteroatoms. The highest BCUT2D eigenvalue weighted by atomic mass is 15.0. The molecule has 1 aromatic heterocycles. The molecule has 0 amide bonds. The Morgan fingerprint density at radius 2 is 1.00 bits per heavy atom. The Balaban J connectivity index is 1.41. The van der Waals surface area contributed by atoms with Crippen LogP contribution in [0.1, 0.15) is 11.1 Å². The van der Waals surface area contributed by atoms with Gasteiger partial charge in [0, 0.05) is 16.5 Å². The molecular weight excluding hydrogens is 398 g/mol. The summed E-state index contributed by atoms with van der Waals surface area (Å²) in [5, 5.41) is 2.56. The van der Waals surface area contributed by atoms with Gasteiger partial charge in [0.05, 0.1) is 11.0 Å². The summed E-state index contributed by atoms with van der Waals surface area (Å²) in [6.45, 7) is 0. The minimum atomic E-state index is 1.19. The molecule has 0 aliphatic rings. The number of rotatable bonds is 4. The lowest BCUT2D eigenvalue weighted by Crippen LogP contribution is -1.92. The normalized spacial score (nSPS) is 11.5. The zero-order valence-corrected chi connectivity index (χ0v) is 18.2. The van der Waals surface area contributed by atoms with E-state index in [4.69, 9.17) is 0 Å². The highest BCUT2D eigenvalue weighted by Gasteiger charge is 2.12. The first-order valence-corrected chi connectivity index (χ1v) is 11.3. The summed E-state index contributed by atoms with van der Waals surface area (Å²) >= 11 is 0. The molecule has 0 spiro atoms. The third kappa shape index (κ3) is 3.64. The number of aromatic nitrogens is 1. The standard InChI is InChI=1S/C32H23N/c1-3-9-24(10-4-1)15-16-25-17-19-26(20-18-25)27-21-22-32-30(23-27)29-13-7-8-14-31(29)33(32)28-11-5-2-6-12-28/h1-23H/b16-15+. The second-order valence-corrected chi connectivity index (χ2v) is 8.29. The number of nitrogens with zero attached hydrogens (tertiary/aromatic N) is 1. The second-order valence-electron chi connectivity index (χ2n) is 8.29. The lowest BCUT2D eigenvalue weighted by atomic mass is 10.0. The minimum absolute atomic E-state index is 1.19. The van der Waals surface area contributed by atoms with Gasteiger partial charge in [-0.2, -0.15) is 0 Å². The van der Waals surface area contributed by atoms with Gasteiger partial charge in [-0.15, -0.1) is 0 Å². The maximum atomic E-state index is 2.35. The van der Waals surface area contributed by atoms with E-state index in [0.29, 0.717) is 0 Å². The maximum absolute atomic E-state index is 2.35. The molecule has 0 bridgehead atoms. The van der Waals surface area contributed by atoms with Crippen LogP contribution in [-0.2, 0) is 0 Å². The third-order valence-electron chi connectivity index (χ3n) is 6.20. The highest BCUT2D eigenvalue weighted by molar-refractivity contribution is 6.10. The molecule has 0 N–H and O–H groups in total. The summed E-state index contributed by atoms with van der Waals surface area (Å²) in [5.41, 5.74) is 8.52. The molecule has 1 heterocycles. The summed E-state index contributed by atoms with van der Waals surface area (Å²) in [4.78, 5) is 0. The molecule has 156 valence electrons. The van der Waals surface area contributed by atoms with Crippen LogP contribution in [0.25, 0.3) is 50.8 Å². The summed E-state index contributed by atoms with van der Waals surface area (Å²) < 4.78 is 2.35. The molecule has 0 fully saturated rings. The van der Waals surface area contributed by atoms with Crippen LogP contribution in [0.4, 0.5) is 0 Å². The SMILES string of the molecule is C(=C\c1ccc(-c2ccc3c(c2)c2ccccc2n3-c2ccccc2)cc1)/c1ccccc1. The van der Waals surface area contributed by atoms with Gasteiger partial charge in [-0.3, -0.25) is 0 Å². The lowest BCUT2D eigenvalue weighted by Gasteiger charge is -2.08. The highest BCUT2D eigenvalue weighted by Crippen LogP contribution is 2.34. The van der Waals surface area contributed by atoms with E-state index in [0.717, 1.165) is 0 Å². The number of hydrogen-bond donors (Lipinski definition) is 0. The smallest absolute Gasteiger partial charge is 0.0541 e. The first-order chi connectivity index (χ1) is 16.4. The predicted molar refractivity (Wildman–Crippen MR) is 142 cm³/mol. The van der Waals surface area contributed by atoms with Crippen LogP contribution in [0.15, 0.2) is 127 Å². The van der Waals surface area contributed by atoms with Gasteiger partial charge in [-0.05, 0) is 52.6 Å². The monoisotopic (exact) mass is 421 g/mol. The topological polar surface area (TPSA) is 4.93 Å². The molecule has 1 nitrogen and oxygen atoms in total. The van der Waals surface area contributed by atoms with Crippen LogP contribution in [0.3, 0.4) is 0 Å². The van der Waals surface area contributed by atoms with Crippen molar-refractivity contribution in [2.45, 2.75) is 0 Å². The average molecular weight is 422 g/mol. The molecule has 5 aromatic carbocycles. The third-order valence-corrected chi connectivity index (χ3v) is 6.20. The van der Waals surface area contributed by atoms with Crippen molar-refractivity contribution in [3.63, 3.8) is 0 Å². The van der Waals surface area contributed by atoms with Crippen molar-refractivity contribution in [2.75, 3.05) is 0 Å². The van der Waals surface area contributed by atoms with Crippen LogP contribution in [0.2, 0.25) is 0 Å². The molecule has 0 aliphatic carbocycles. The summed E-state index contributed by atoms with van der Waals surface area (Å²) in [7, 11) is 0. The fourth-order valence-electron chi connectivity index (χ4n) is 4.55. The van der Waals surface area contributed by atoms with Crippen molar-refractivity contribution in [3.8, 4) is 16.8 Å². The molecule has 33 heavy (non-hydrogen) atoms. The number of benzene rings is 5. The molecule has 0 saturated heterocycles. The second kappa shape index (κ2) is 8.29. The Bertz CT molecular complexity index is 1570. The van der Waals surface area contributed by atoms with E-state index in [1.807, 2.05) is 6.07 Å². The average Bonchev–Trinajstić information content (AvgIpc) is 3.23. The fourth-order valence-corrected chi connectivity index (χ4v) is 4.55. The van der Waals surface area contributed by atoms with Gasteiger partial charge in [0.25, 0.3) is 0 Å². The number of fused-ring (bicyclic) bond motifs is 3.